The molecule has 116 valence electrons. The number of aryl methyl sites for hydroxylation is 1. The SMILES string of the molecule is Cc1ccc(OCCC(=O)NCC(=O)NC(C)(C)C)cc1. The average molecular weight is 292 g/mol. The van der Waals surface area contributed by atoms with E-state index in [0.29, 0.717) is 0 Å². The third-order valence-electron chi connectivity index (χ3n) is 2.58. The lowest BCUT2D eigenvalue weighted by Gasteiger charge is -2.20. The van der Waals surface area contributed by atoms with Gasteiger partial charge in [-0.05, 0) is 39.8 Å². The lowest BCUT2D eigenvalue weighted by atomic mass is 10.1. The van der Waals surface area contributed by atoms with Crippen LogP contribution in [0.5, 0.6) is 5.75 Å². The summed E-state index contributed by atoms with van der Waals surface area (Å²) in [7, 11) is 0. The number of carbonyl (C=O) groups excluding carboxylic acids is 2. The highest BCUT2D eigenvalue weighted by atomic mass is 16.5. The van der Waals surface area contributed by atoms with Gasteiger partial charge in [0.25, 0.3) is 0 Å². The molecule has 0 aliphatic carbocycles. The highest BCUT2D eigenvalue weighted by molar-refractivity contribution is 5.85. The van der Waals surface area contributed by atoms with Crippen LogP contribution in [0.4, 0.5) is 0 Å². The molecule has 2 amide bonds. The molecule has 1 aromatic rings. The Morgan fingerprint density at radius 3 is 2.29 bits per heavy atom. The molecule has 0 saturated carbocycles. The molecule has 0 bridgehead atoms. The molecule has 0 radical (unpaired) electrons. The second-order valence-electron chi connectivity index (χ2n) is 5.99. The Labute approximate surface area is 126 Å². The number of carbonyl (C=O) groups is 2. The molecular weight excluding hydrogens is 268 g/mol. The van der Waals surface area contributed by atoms with Crippen molar-refractivity contribution >= 4 is 11.8 Å². The Bertz CT molecular complexity index is 475. The van der Waals surface area contributed by atoms with Gasteiger partial charge in [0.15, 0.2) is 0 Å². The van der Waals surface area contributed by atoms with Gasteiger partial charge < -0.3 is 15.4 Å². The monoisotopic (exact) mass is 292 g/mol. The van der Waals surface area contributed by atoms with E-state index in [1.165, 1.54) is 0 Å². The molecule has 5 nitrogen and oxygen atoms in total. The number of hydrogen-bond donors (Lipinski definition) is 2. The van der Waals surface area contributed by atoms with Gasteiger partial charge in [-0.25, -0.2) is 0 Å². The molecule has 0 aliphatic heterocycles. The summed E-state index contributed by atoms with van der Waals surface area (Å²) in [4.78, 5) is 23.1. The van der Waals surface area contributed by atoms with Gasteiger partial charge in [-0.2, -0.15) is 0 Å². The predicted molar refractivity (Wildman–Crippen MR) is 82.2 cm³/mol. The van der Waals surface area contributed by atoms with Gasteiger partial charge in [0, 0.05) is 5.54 Å². The summed E-state index contributed by atoms with van der Waals surface area (Å²) in [5.74, 6) is 0.334. The summed E-state index contributed by atoms with van der Waals surface area (Å²) in [6.45, 7) is 7.95. The van der Waals surface area contributed by atoms with Crippen LogP contribution in [-0.4, -0.2) is 30.5 Å². The van der Waals surface area contributed by atoms with Crippen LogP contribution in [0.25, 0.3) is 0 Å². The van der Waals surface area contributed by atoms with Crippen molar-refractivity contribution in [1.82, 2.24) is 10.6 Å². The van der Waals surface area contributed by atoms with E-state index in [2.05, 4.69) is 10.6 Å². The molecule has 2 N–H and O–H groups in total. The normalized spacial score (nSPS) is 10.9. The summed E-state index contributed by atoms with van der Waals surface area (Å²) in [5, 5.41) is 5.35. The van der Waals surface area contributed by atoms with E-state index < -0.39 is 0 Å². The second-order valence-corrected chi connectivity index (χ2v) is 5.99. The van der Waals surface area contributed by atoms with Crippen molar-refractivity contribution in [2.45, 2.75) is 39.7 Å². The van der Waals surface area contributed by atoms with E-state index in [4.69, 9.17) is 4.74 Å². The Morgan fingerprint density at radius 1 is 1.10 bits per heavy atom. The first-order chi connectivity index (χ1) is 9.76. The van der Waals surface area contributed by atoms with Gasteiger partial charge in [0.05, 0.1) is 19.6 Å². The zero-order chi connectivity index (χ0) is 15.9. The second kappa shape index (κ2) is 7.67. The summed E-state index contributed by atoms with van der Waals surface area (Å²) in [6.07, 6.45) is 0.219. The summed E-state index contributed by atoms with van der Waals surface area (Å²) >= 11 is 0. The minimum absolute atomic E-state index is 0.0133. The van der Waals surface area contributed by atoms with Crippen molar-refractivity contribution in [2.24, 2.45) is 0 Å². The molecule has 0 heterocycles. The molecule has 5 heteroatoms. The molecule has 0 atom stereocenters. The Hall–Kier alpha value is -2.04. The molecular formula is C16H24N2O3. The van der Waals surface area contributed by atoms with Gasteiger partial charge >= 0.3 is 0 Å². The molecule has 0 aliphatic rings. The highest BCUT2D eigenvalue weighted by Gasteiger charge is 2.14. The number of benzene rings is 1. The summed E-state index contributed by atoms with van der Waals surface area (Å²) in [6, 6.07) is 7.63. The van der Waals surface area contributed by atoms with Crippen molar-refractivity contribution < 1.29 is 14.3 Å². The van der Waals surface area contributed by atoms with Crippen LogP contribution in [0.2, 0.25) is 0 Å². The lowest BCUT2D eigenvalue weighted by Crippen LogP contribution is -2.45. The Balaban J connectivity index is 2.19. The number of rotatable bonds is 6. The first kappa shape index (κ1) is 17.0. The van der Waals surface area contributed by atoms with Crippen LogP contribution >= 0.6 is 0 Å². The highest BCUT2D eigenvalue weighted by Crippen LogP contribution is 2.11. The average Bonchev–Trinajstić information content (AvgIpc) is 2.37. The van der Waals surface area contributed by atoms with Gasteiger partial charge in [-0.1, -0.05) is 17.7 Å². The third-order valence-corrected chi connectivity index (χ3v) is 2.58. The van der Waals surface area contributed by atoms with Gasteiger partial charge in [-0.15, -0.1) is 0 Å². The third kappa shape index (κ3) is 7.97. The maximum atomic E-state index is 11.6. The topological polar surface area (TPSA) is 67.4 Å². The maximum Gasteiger partial charge on any atom is 0.239 e. The fourth-order valence-corrected chi connectivity index (χ4v) is 1.63. The van der Waals surface area contributed by atoms with Crippen molar-refractivity contribution in [3.8, 4) is 5.75 Å². The Morgan fingerprint density at radius 2 is 1.71 bits per heavy atom. The molecule has 0 spiro atoms. The number of nitrogens with one attached hydrogen (secondary N) is 2. The van der Waals surface area contributed by atoms with E-state index in [1.807, 2.05) is 52.0 Å². The van der Waals surface area contributed by atoms with E-state index in [9.17, 15) is 9.59 Å². The van der Waals surface area contributed by atoms with Gasteiger partial charge in [0.1, 0.15) is 5.75 Å². The number of amides is 2. The standard InChI is InChI=1S/C16H24N2O3/c1-12-5-7-13(8-6-12)21-10-9-14(19)17-11-15(20)18-16(2,3)4/h5-8H,9-11H2,1-4H3,(H,17,19)(H,18,20). The van der Waals surface area contributed by atoms with E-state index in [-0.39, 0.29) is 36.9 Å². The van der Waals surface area contributed by atoms with E-state index >= 15 is 0 Å². The fourth-order valence-electron chi connectivity index (χ4n) is 1.63. The molecule has 0 unspecified atom stereocenters. The van der Waals surface area contributed by atoms with Gasteiger partial charge in [0.2, 0.25) is 11.8 Å². The first-order valence-corrected chi connectivity index (χ1v) is 7.03. The maximum absolute atomic E-state index is 11.6. The summed E-state index contributed by atoms with van der Waals surface area (Å²) in [5.41, 5.74) is 0.862. The fraction of sp³-hybridized carbons (Fsp3) is 0.500. The zero-order valence-electron chi connectivity index (χ0n) is 13.2. The number of ether oxygens (including phenoxy) is 1. The molecule has 0 fully saturated rings. The van der Waals surface area contributed by atoms with E-state index in [1.54, 1.807) is 0 Å². The quantitative estimate of drug-likeness (QED) is 0.840. The minimum Gasteiger partial charge on any atom is -0.493 e. The lowest BCUT2D eigenvalue weighted by molar-refractivity contribution is -0.127. The van der Waals surface area contributed by atoms with Crippen LogP contribution in [0, 0.1) is 6.92 Å². The number of hydrogen-bond acceptors (Lipinski definition) is 3. The molecule has 21 heavy (non-hydrogen) atoms. The summed E-state index contributed by atoms with van der Waals surface area (Å²) < 4.78 is 5.46. The van der Waals surface area contributed by atoms with Crippen molar-refractivity contribution in [3.05, 3.63) is 29.8 Å². The minimum atomic E-state index is -0.295. The zero-order valence-corrected chi connectivity index (χ0v) is 13.2. The molecule has 1 aromatic carbocycles. The van der Waals surface area contributed by atoms with Crippen molar-refractivity contribution in [3.63, 3.8) is 0 Å². The van der Waals surface area contributed by atoms with Crippen LogP contribution in [0.3, 0.4) is 0 Å². The van der Waals surface area contributed by atoms with E-state index in [0.717, 1.165) is 11.3 Å². The molecule has 1 rings (SSSR count). The van der Waals surface area contributed by atoms with Crippen LogP contribution in [0.15, 0.2) is 24.3 Å². The van der Waals surface area contributed by atoms with Crippen LogP contribution in [0.1, 0.15) is 32.8 Å². The predicted octanol–water partition coefficient (Wildman–Crippen LogP) is 1.79. The Kier molecular flexibility index (Phi) is 6.21. The van der Waals surface area contributed by atoms with Gasteiger partial charge in [-0.3, -0.25) is 9.59 Å². The van der Waals surface area contributed by atoms with Crippen molar-refractivity contribution in [1.29, 1.82) is 0 Å². The van der Waals surface area contributed by atoms with Crippen LogP contribution in [-0.2, 0) is 9.59 Å². The van der Waals surface area contributed by atoms with Crippen molar-refractivity contribution in [2.75, 3.05) is 13.2 Å². The molecule has 0 aromatic heterocycles. The smallest absolute Gasteiger partial charge is 0.239 e. The first-order valence-electron chi connectivity index (χ1n) is 7.03. The molecule has 0 saturated heterocycles. The largest absolute Gasteiger partial charge is 0.493 e. The van der Waals surface area contributed by atoms with Crippen LogP contribution < -0.4 is 15.4 Å².